The van der Waals surface area contributed by atoms with Gasteiger partial charge in [0.2, 0.25) is 11.7 Å². The van der Waals surface area contributed by atoms with E-state index in [-0.39, 0.29) is 12.0 Å². The van der Waals surface area contributed by atoms with E-state index in [1.807, 2.05) is 45.0 Å². The Labute approximate surface area is 101 Å². The third kappa shape index (κ3) is 2.53. The van der Waals surface area contributed by atoms with E-state index in [9.17, 15) is 0 Å². The molecule has 0 aliphatic heterocycles. The molecule has 4 heteroatoms. The van der Waals surface area contributed by atoms with Crippen LogP contribution >= 0.6 is 0 Å². The number of nitrogens with zero attached hydrogens (tertiary/aromatic N) is 2. The topological polar surface area (TPSA) is 64.9 Å². The Kier molecular flexibility index (Phi) is 3.24. The zero-order valence-electron chi connectivity index (χ0n) is 10.3. The molecule has 1 heterocycles. The molecule has 0 aliphatic carbocycles. The fraction of sp³-hybridized carbons (Fsp3) is 0.385. The molecule has 2 aromatic rings. The molecule has 0 bridgehead atoms. The van der Waals surface area contributed by atoms with Crippen molar-refractivity contribution in [3.05, 3.63) is 35.7 Å². The highest BCUT2D eigenvalue weighted by Gasteiger charge is 2.18. The summed E-state index contributed by atoms with van der Waals surface area (Å²) in [6.45, 7) is 5.95. The van der Waals surface area contributed by atoms with Gasteiger partial charge in [-0.25, -0.2) is 0 Å². The van der Waals surface area contributed by atoms with Crippen LogP contribution in [0.15, 0.2) is 28.8 Å². The van der Waals surface area contributed by atoms with Crippen LogP contribution in [0.4, 0.5) is 0 Å². The van der Waals surface area contributed by atoms with Gasteiger partial charge in [-0.2, -0.15) is 4.98 Å². The Hall–Kier alpha value is -1.68. The van der Waals surface area contributed by atoms with E-state index in [1.165, 1.54) is 5.56 Å². The van der Waals surface area contributed by atoms with E-state index >= 15 is 0 Å². The lowest BCUT2D eigenvalue weighted by Crippen LogP contribution is -2.22. The van der Waals surface area contributed by atoms with Crippen molar-refractivity contribution in [2.24, 2.45) is 5.73 Å². The predicted molar refractivity (Wildman–Crippen MR) is 66.5 cm³/mol. The van der Waals surface area contributed by atoms with Gasteiger partial charge in [-0.05, 0) is 19.9 Å². The van der Waals surface area contributed by atoms with Crippen molar-refractivity contribution in [2.45, 2.75) is 32.7 Å². The van der Waals surface area contributed by atoms with Crippen molar-refractivity contribution in [2.75, 3.05) is 0 Å². The summed E-state index contributed by atoms with van der Waals surface area (Å²) in [5.74, 6) is 1.29. The average molecular weight is 231 g/mol. The van der Waals surface area contributed by atoms with E-state index < -0.39 is 0 Å². The van der Waals surface area contributed by atoms with Crippen LogP contribution in [0.25, 0.3) is 11.4 Å². The molecular weight excluding hydrogens is 214 g/mol. The molecule has 0 aliphatic rings. The normalized spacial score (nSPS) is 14.6. The van der Waals surface area contributed by atoms with E-state index in [1.54, 1.807) is 0 Å². The van der Waals surface area contributed by atoms with Crippen LogP contribution < -0.4 is 5.73 Å². The molecule has 0 radical (unpaired) electrons. The smallest absolute Gasteiger partial charge is 0.231 e. The zero-order chi connectivity index (χ0) is 12.4. The highest BCUT2D eigenvalue weighted by molar-refractivity contribution is 5.55. The summed E-state index contributed by atoms with van der Waals surface area (Å²) >= 11 is 0. The largest absolute Gasteiger partial charge is 0.339 e. The number of hydrogen-bond donors (Lipinski definition) is 1. The molecule has 0 saturated carbocycles. The first kappa shape index (κ1) is 11.8. The first-order valence-electron chi connectivity index (χ1n) is 5.74. The quantitative estimate of drug-likeness (QED) is 0.881. The Bertz CT molecular complexity index is 505. The van der Waals surface area contributed by atoms with E-state index in [0.29, 0.717) is 11.7 Å². The van der Waals surface area contributed by atoms with Gasteiger partial charge in [0.15, 0.2) is 0 Å². The minimum absolute atomic E-state index is 0.000750. The lowest BCUT2D eigenvalue weighted by Gasteiger charge is -2.09. The van der Waals surface area contributed by atoms with Gasteiger partial charge in [0.05, 0.1) is 5.92 Å². The van der Waals surface area contributed by atoms with E-state index in [2.05, 4.69) is 10.1 Å². The minimum atomic E-state index is 0.000750. The molecule has 0 amide bonds. The van der Waals surface area contributed by atoms with E-state index in [4.69, 9.17) is 10.3 Å². The van der Waals surface area contributed by atoms with Crippen LogP contribution in [-0.2, 0) is 0 Å². The third-order valence-electron chi connectivity index (χ3n) is 2.90. The number of rotatable bonds is 3. The standard InChI is InChI=1S/C13H17N3O/c1-8-5-4-6-11(7-8)12-15-13(17-16-12)9(2)10(3)14/h4-7,9-10H,14H2,1-3H3. The first-order valence-corrected chi connectivity index (χ1v) is 5.74. The van der Waals surface area contributed by atoms with Crippen LogP contribution in [0.1, 0.15) is 31.2 Å². The van der Waals surface area contributed by atoms with E-state index in [0.717, 1.165) is 5.56 Å². The second-order valence-electron chi connectivity index (χ2n) is 4.47. The van der Waals surface area contributed by atoms with Crippen LogP contribution in [0, 0.1) is 6.92 Å². The maximum atomic E-state index is 5.81. The number of hydrogen-bond acceptors (Lipinski definition) is 4. The summed E-state index contributed by atoms with van der Waals surface area (Å²) in [6.07, 6.45) is 0. The lowest BCUT2D eigenvalue weighted by atomic mass is 10.1. The van der Waals surface area contributed by atoms with Gasteiger partial charge >= 0.3 is 0 Å². The fourth-order valence-corrected chi connectivity index (χ4v) is 1.55. The van der Waals surface area contributed by atoms with Crippen LogP contribution in [-0.4, -0.2) is 16.2 Å². The van der Waals surface area contributed by atoms with Gasteiger partial charge < -0.3 is 10.3 Å². The molecular formula is C13H17N3O. The number of aryl methyl sites for hydroxylation is 1. The highest BCUT2D eigenvalue weighted by atomic mass is 16.5. The SMILES string of the molecule is Cc1cccc(-c2noc(C(C)C(C)N)n2)c1. The van der Waals surface area contributed by atoms with Gasteiger partial charge in [0, 0.05) is 11.6 Å². The molecule has 2 rings (SSSR count). The van der Waals surface area contributed by atoms with Gasteiger partial charge in [-0.3, -0.25) is 0 Å². The second kappa shape index (κ2) is 4.67. The Morgan fingerprint density at radius 3 is 2.71 bits per heavy atom. The van der Waals surface area contributed by atoms with Crippen LogP contribution in [0.3, 0.4) is 0 Å². The molecule has 17 heavy (non-hydrogen) atoms. The minimum Gasteiger partial charge on any atom is -0.339 e. The lowest BCUT2D eigenvalue weighted by molar-refractivity contribution is 0.347. The summed E-state index contributed by atoms with van der Waals surface area (Å²) in [6, 6.07) is 8.02. The number of aromatic nitrogens is 2. The molecule has 0 spiro atoms. The van der Waals surface area contributed by atoms with Crippen molar-refractivity contribution in [1.29, 1.82) is 0 Å². The number of benzene rings is 1. The molecule has 2 N–H and O–H groups in total. The van der Waals surface area contributed by atoms with Gasteiger partial charge in [-0.15, -0.1) is 0 Å². The van der Waals surface area contributed by atoms with Gasteiger partial charge in [0.1, 0.15) is 0 Å². The van der Waals surface area contributed by atoms with Crippen molar-refractivity contribution >= 4 is 0 Å². The van der Waals surface area contributed by atoms with Crippen LogP contribution in [0.2, 0.25) is 0 Å². The first-order chi connectivity index (χ1) is 8.08. The van der Waals surface area contributed by atoms with Gasteiger partial charge in [0.25, 0.3) is 0 Å². The summed E-state index contributed by atoms with van der Waals surface area (Å²) < 4.78 is 5.24. The van der Waals surface area contributed by atoms with Crippen molar-refractivity contribution < 1.29 is 4.52 Å². The second-order valence-corrected chi connectivity index (χ2v) is 4.47. The molecule has 0 saturated heterocycles. The Morgan fingerprint density at radius 1 is 1.29 bits per heavy atom. The molecule has 2 atom stereocenters. The summed E-state index contributed by atoms with van der Waals surface area (Å²) in [5.41, 5.74) is 7.96. The highest BCUT2D eigenvalue weighted by Crippen LogP contribution is 2.21. The zero-order valence-corrected chi connectivity index (χ0v) is 10.3. The maximum Gasteiger partial charge on any atom is 0.231 e. The molecule has 90 valence electrons. The summed E-state index contributed by atoms with van der Waals surface area (Å²) in [5, 5.41) is 3.99. The number of nitrogens with two attached hydrogens (primary N) is 1. The average Bonchev–Trinajstić information content (AvgIpc) is 2.77. The van der Waals surface area contributed by atoms with Gasteiger partial charge in [-0.1, -0.05) is 35.8 Å². The molecule has 1 aromatic heterocycles. The third-order valence-corrected chi connectivity index (χ3v) is 2.90. The predicted octanol–water partition coefficient (Wildman–Crippen LogP) is 2.50. The monoisotopic (exact) mass is 231 g/mol. The van der Waals surface area contributed by atoms with Crippen molar-refractivity contribution in [3.63, 3.8) is 0 Å². The fourth-order valence-electron chi connectivity index (χ4n) is 1.55. The molecule has 2 unspecified atom stereocenters. The molecule has 4 nitrogen and oxygen atoms in total. The Balaban J connectivity index is 2.30. The van der Waals surface area contributed by atoms with Crippen molar-refractivity contribution in [3.8, 4) is 11.4 Å². The summed E-state index contributed by atoms with van der Waals surface area (Å²) in [4.78, 5) is 4.38. The Morgan fingerprint density at radius 2 is 2.06 bits per heavy atom. The molecule has 0 fully saturated rings. The maximum absolute atomic E-state index is 5.81. The summed E-state index contributed by atoms with van der Waals surface area (Å²) in [7, 11) is 0. The van der Waals surface area contributed by atoms with Crippen LogP contribution in [0.5, 0.6) is 0 Å². The van der Waals surface area contributed by atoms with Crippen molar-refractivity contribution in [1.82, 2.24) is 10.1 Å². The molecule has 1 aromatic carbocycles.